The van der Waals surface area contributed by atoms with Crippen LogP contribution in [-0.4, -0.2) is 312 Å². The maximum atomic E-state index is 11.1. The van der Waals surface area contributed by atoms with Gasteiger partial charge in [-0.25, -0.2) is 0 Å². The molecule has 0 bridgehead atoms. The van der Waals surface area contributed by atoms with Crippen LogP contribution in [-0.2, 0) is 47.9 Å². The van der Waals surface area contributed by atoms with Crippen molar-refractivity contribution in [2.24, 2.45) is 45.1 Å². The van der Waals surface area contributed by atoms with Gasteiger partial charge in [0.2, 0.25) is 0 Å². The molecule has 0 radical (unpaired) electrons. The molecule has 0 aromatic carbocycles. The Kier molecular flexibility index (Phi) is 61.0. The van der Waals surface area contributed by atoms with Crippen molar-refractivity contribution >= 4 is 90.7 Å². The molecule has 638 valence electrons. The summed E-state index contributed by atoms with van der Waals surface area (Å²) in [5, 5.41) is 160. The summed E-state index contributed by atoms with van der Waals surface area (Å²) in [5.74, 6) is -1.15. The topological polar surface area (TPSA) is 588 Å². The molecular formula is C70H142B7N9O25. The van der Waals surface area contributed by atoms with Crippen LogP contribution in [0.5, 0.6) is 0 Å². The third-order valence-corrected chi connectivity index (χ3v) is 22.1. The van der Waals surface area contributed by atoms with Crippen molar-refractivity contribution in [1.82, 2.24) is 42.1 Å². The van der Waals surface area contributed by atoms with Gasteiger partial charge in [-0.05, 0) is 181 Å². The Morgan fingerprint density at radius 1 is 0.477 bits per heavy atom. The normalized spacial score (nSPS) is 26.7. The fraction of sp³-hybridized carbons (Fsp3) is 0.900. The zero-order chi connectivity index (χ0) is 85.7. The van der Waals surface area contributed by atoms with Gasteiger partial charge in [-0.1, -0.05) is 92.7 Å². The number of hydrogen-bond acceptors (Lipinski definition) is 30. The minimum atomic E-state index is -1.04. The summed E-state index contributed by atoms with van der Waals surface area (Å²) in [5.41, 5.74) is 2.62. The number of likely N-dealkylation sites (N-methyl/N-ethyl adjacent to an activating group) is 2. The number of carbonyl (C=O) groups is 4. The molecule has 41 heteroatoms. The van der Waals surface area contributed by atoms with Crippen molar-refractivity contribution in [3.8, 4) is 0 Å². The highest BCUT2D eigenvalue weighted by Crippen LogP contribution is 2.46. The van der Waals surface area contributed by atoms with Crippen molar-refractivity contribution < 1.29 is 124 Å². The van der Waals surface area contributed by atoms with Crippen LogP contribution in [0.1, 0.15) is 130 Å². The van der Waals surface area contributed by atoms with Crippen LogP contribution in [0.3, 0.4) is 0 Å². The zero-order valence-electron chi connectivity index (χ0n) is 68.6. The van der Waals surface area contributed by atoms with Gasteiger partial charge in [-0.15, -0.1) is 0 Å². The lowest BCUT2D eigenvalue weighted by Gasteiger charge is -2.55. The third kappa shape index (κ3) is 45.1. The molecule has 24 N–H and O–H groups in total. The van der Waals surface area contributed by atoms with Crippen LogP contribution in [0.4, 0.5) is 0 Å². The van der Waals surface area contributed by atoms with Gasteiger partial charge >= 0.3 is 42.3 Å². The number of nitrogens with two attached hydrogens (primary N) is 1. The number of carboxylic acids is 4. The molecular weight excluding hydrogens is 1440 g/mol. The van der Waals surface area contributed by atoms with Gasteiger partial charge in [-0.2, -0.15) is 28.8 Å². The average Bonchev–Trinajstić information content (AvgIpc) is 0.977. The van der Waals surface area contributed by atoms with Gasteiger partial charge in [-0.3, -0.25) is 24.1 Å². The zero-order valence-corrected chi connectivity index (χ0v) is 68.6. The van der Waals surface area contributed by atoms with Crippen LogP contribution in [0.15, 0.2) is 0 Å². The summed E-state index contributed by atoms with van der Waals surface area (Å²) in [7, 11) is 3.75. The molecule has 0 aromatic heterocycles. The lowest BCUT2D eigenvalue weighted by atomic mass is 9.58. The summed E-state index contributed by atoms with van der Waals surface area (Å²) in [6.45, 7) is 23.4. The van der Waals surface area contributed by atoms with E-state index in [9.17, 15) is 39.5 Å². The van der Waals surface area contributed by atoms with Crippen molar-refractivity contribution in [3.63, 3.8) is 0 Å². The second-order valence-corrected chi connectivity index (χ2v) is 32.6. The van der Waals surface area contributed by atoms with E-state index in [-0.39, 0.29) is 92.1 Å². The van der Waals surface area contributed by atoms with E-state index < -0.39 is 69.9 Å². The first kappa shape index (κ1) is 111. The molecule has 0 aromatic rings. The first-order chi connectivity index (χ1) is 52.0. The molecule has 34 nitrogen and oxygen atoms in total. The van der Waals surface area contributed by atoms with Gasteiger partial charge in [0.1, 0.15) is 24.2 Å². The SMILES string of the molecule is CB(O)CCCC1(C(C)(C)O)CNC1C(=O)O.CB(O)CCCC1(CN)CNC1C(=O)O.CB(O)CCCC1(CO)CN(C)C1C(=O)O.CB(O)CCCC1(CO)CNC1C(=O)O.CB(O)CCCC1CNC(C)C1.CB(O)CCCC1CNC(CO)C1.CNCC1CC(CCCB(C)O)CN1.O=C=O.O=C=O.O=C=O. The molecule has 111 heavy (non-hydrogen) atoms. The average molecular weight is 1590 g/mol. The summed E-state index contributed by atoms with van der Waals surface area (Å²) in [6, 6.07) is -0.759. The predicted octanol–water partition coefficient (Wildman–Crippen LogP) is -0.696. The van der Waals surface area contributed by atoms with Crippen molar-refractivity contribution in [3.05, 3.63) is 0 Å². The van der Waals surface area contributed by atoms with Gasteiger partial charge in [0.25, 0.3) is 48.4 Å². The van der Waals surface area contributed by atoms with Crippen LogP contribution in [0.25, 0.3) is 0 Å². The van der Waals surface area contributed by atoms with Crippen LogP contribution in [0, 0.1) is 39.4 Å². The molecule has 7 heterocycles. The minimum absolute atomic E-state index is 0.103. The van der Waals surface area contributed by atoms with E-state index in [0.29, 0.717) is 108 Å². The van der Waals surface area contributed by atoms with Crippen LogP contribution < -0.4 is 43.0 Å². The predicted molar refractivity (Wildman–Crippen MR) is 428 cm³/mol. The summed E-state index contributed by atoms with van der Waals surface area (Å²) in [6.07, 6.45) is 22.7. The maximum absolute atomic E-state index is 11.1. The molecule has 0 aliphatic carbocycles. The van der Waals surface area contributed by atoms with Gasteiger partial charge in [0, 0.05) is 79.1 Å². The number of nitrogens with one attached hydrogen (secondary N) is 7. The Labute approximate surface area is 661 Å². The molecule has 7 saturated heterocycles. The summed E-state index contributed by atoms with van der Waals surface area (Å²) < 4.78 is 0. The number of aliphatic hydroxyl groups excluding tert-OH is 3. The monoisotopic (exact) mass is 1590 g/mol. The second-order valence-electron chi connectivity index (χ2n) is 32.6. The quantitative estimate of drug-likeness (QED) is 0.0339. The Morgan fingerprint density at radius 2 is 0.802 bits per heavy atom. The number of hydrogen-bond donors (Lipinski definition) is 23. The molecule has 7 aliphatic rings. The van der Waals surface area contributed by atoms with E-state index in [2.05, 4.69) is 44.1 Å². The number of rotatable bonds is 39. The highest BCUT2D eigenvalue weighted by atomic mass is 16.4. The van der Waals surface area contributed by atoms with Crippen molar-refractivity contribution in [2.75, 3.05) is 92.8 Å². The fourth-order valence-electron chi connectivity index (χ4n) is 15.6. The molecule has 0 spiro atoms. The van der Waals surface area contributed by atoms with E-state index in [1.54, 1.807) is 53.1 Å². The first-order valence-corrected chi connectivity index (χ1v) is 39.7. The standard InChI is InChI=1S/C11H22BNO4.C10H23BN2O.C10H20BNO4.C9H19BN2O3.C9H18BNO4.C9H20BNO2.C9H20BNO.3CO2/c1-10(2,16)11(5-4-6-12(3)17)7-13-8(11)9(14)15;1-11(14)5-3-4-9-6-10(8-12-2)13-7-9;1-11(16)5-3-4-10(7-13)6-12(2)8(10)9(14)15;1-10(15)4-2-3-9(5-11)6-12-7(9)8(13)14;1-10(15)4-2-3-9(6-12)5-11-7(9)8(13)14;1-10(13)4-2-3-8-5-9(7-12)11-6-8;1-8-6-9(7-11-8)4-3-5-10(2)12;3*2-1-3/h8,13,16-17H,4-7H2,1-3H3,(H,14,15);9-10,12-14H,3-8H2,1-2H3;8,13,16H,3-7H2,1-2H3,(H,14,15);7,12,15H,2-6,11H2,1H3,(H,13,14);7,11-12,15H,2-6H2,1H3,(H,13,14);8-9,11-13H,2-7H2,1H3;8-9,11-12H,3-7H2,1-2H3;;;. The highest BCUT2D eigenvalue weighted by molar-refractivity contribution is 6.50. The molecule has 7 aliphatic heterocycles. The van der Waals surface area contributed by atoms with E-state index in [1.165, 1.54) is 45.1 Å². The van der Waals surface area contributed by atoms with E-state index in [0.717, 1.165) is 95.4 Å². The molecule has 7 rings (SSSR count). The summed E-state index contributed by atoms with van der Waals surface area (Å²) in [4.78, 5) is 94.4. The number of carbonyl (C=O) groups excluding carboxylic acids is 6. The van der Waals surface area contributed by atoms with Gasteiger partial charge in [0.15, 0.2) is 0 Å². The number of aliphatic carboxylic acids is 4. The maximum Gasteiger partial charge on any atom is 0.373 e. The molecule has 0 amide bonds. The third-order valence-electron chi connectivity index (χ3n) is 22.1. The van der Waals surface area contributed by atoms with E-state index in [1.807, 2.05) is 27.5 Å². The molecule has 7 fully saturated rings. The van der Waals surface area contributed by atoms with E-state index >= 15 is 0 Å². The van der Waals surface area contributed by atoms with Crippen LogP contribution >= 0.6 is 0 Å². The number of nitrogens with zero attached hydrogens (tertiary/aromatic N) is 1. The van der Waals surface area contributed by atoms with Gasteiger partial charge in [0.05, 0.1) is 25.4 Å². The smallest absolute Gasteiger partial charge is 0.373 e. The second kappa shape index (κ2) is 61.1. The van der Waals surface area contributed by atoms with Crippen molar-refractivity contribution in [1.29, 1.82) is 0 Å². The Hall–Kier alpha value is -4.33. The fourth-order valence-corrected chi connectivity index (χ4v) is 15.6. The van der Waals surface area contributed by atoms with Crippen LogP contribution in [0.2, 0.25) is 92.0 Å². The van der Waals surface area contributed by atoms with Crippen molar-refractivity contribution in [2.45, 2.75) is 270 Å². The Balaban J connectivity index is -0.00000120. The highest BCUT2D eigenvalue weighted by Gasteiger charge is 2.59. The minimum Gasteiger partial charge on any atom is -0.480 e. The number of aliphatic hydroxyl groups is 4. The molecule has 14 unspecified atom stereocenters. The van der Waals surface area contributed by atoms with Gasteiger partial charge < -0.3 is 119 Å². The number of likely N-dealkylation sites (tertiary alicyclic amines) is 1. The Bertz CT molecular complexity index is 2510. The summed E-state index contributed by atoms with van der Waals surface area (Å²) >= 11 is 0. The lowest BCUT2D eigenvalue weighted by molar-refractivity contribution is -0.193. The first-order valence-electron chi connectivity index (χ1n) is 39.7. The largest absolute Gasteiger partial charge is 0.480 e. The lowest BCUT2D eigenvalue weighted by Crippen LogP contribution is -2.73. The van der Waals surface area contributed by atoms with E-state index in [4.69, 9.17) is 90.2 Å². The number of carboxylic acid groups (broad SMARTS) is 4. The molecule has 0 saturated carbocycles. The molecule has 14 atom stereocenters. The Morgan fingerprint density at radius 3 is 1.07 bits per heavy atom.